The summed E-state index contributed by atoms with van der Waals surface area (Å²) < 4.78 is 5.20. The summed E-state index contributed by atoms with van der Waals surface area (Å²) in [5.41, 5.74) is 3.85. The minimum absolute atomic E-state index is 0.242. The van der Waals surface area contributed by atoms with Crippen LogP contribution in [-0.4, -0.2) is 25.0 Å². The standard InChI is InChI=1S/C32H29N3O3/c1-38-28-17-15-23(16-18-28)22-34-31(36)29(20-24-9-8-10-25(19-24)21-33)35-32(37)30(26-11-4-2-5-12-26)27-13-6-3-7-14-27/h2-19,29-30H,20,22H2,1H3,(H,34,36)(H,35,37). The zero-order valence-corrected chi connectivity index (χ0v) is 21.1. The number of ether oxygens (including phenoxy) is 1. The third kappa shape index (κ3) is 6.86. The third-order valence-electron chi connectivity index (χ3n) is 6.28. The van der Waals surface area contributed by atoms with Crippen LogP contribution in [0.15, 0.2) is 109 Å². The van der Waals surface area contributed by atoms with E-state index in [9.17, 15) is 14.9 Å². The van der Waals surface area contributed by atoms with Crippen LogP contribution in [0.2, 0.25) is 0 Å². The van der Waals surface area contributed by atoms with E-state index in [0.29, 0.717) is 12.1 Å². The van der Waals surface area contributed by atoms with Crippen molar-refractivity contribution < 1.29 is 14.3 Å². The lowest BCUT2D eigenvalue weighted by Crippen LogP contribution is -2.49. The zero-order chi connectivity index (χ0) is 26.7. The van der Waals surface area contributed by atoms with Gasteiger partial charge >= 0.3 is 0 Å². The highest BCUT2D eigenvalue weighted by atomic mass is 16.5. The van der Waals surface area contributed by atoms with Crippen molar-refractivity contribution in [3.05, 3.63) is 137 Å². The molecular weight excluding hydrogens is 474 g/mol. The number of rotatable bonds is 10. The van der Waals surface area contributed by atoms with Gasteiger partial charge in [-0.25, -0.2) is 0 Å². The maximum Gasteiger partial charge on any atom is 0.243 e. The van der Waals surface area contributed by atoms with Crippen molar-refractivity contribution in [2.45, 2.75) is 24.9 Å². The van der Waals surface area contributed by atoms with Crippen LogP contribution in [0.1, 0.15) is 33.7 Å². The lowest BCUT2D eigenvalue weighted by Gasteiger charge is -2.23. The van der Waals surface area contributed by atoms with Gasteiger partial charge in [0.05, 0.1) is 24.7 Å². The van der Waals surface area contributed by atoms with E-state index in [1.165, 1.54) is 0 Å². The maximum absolute atomic E-state index is 13.8. The van der Waals surface area contributed by atoms with Crippen molar-refractivity contribution >= 4 is 11.8 Å². The lowest BCUT2D eigenvalue weighted by atomic mass is 9.90. The number of amides is 2. The SMILES string of the molecule is COc1ccc(CNC(=O)C(Cc2cccc(C#N)c2)NC(=O)C(c2ccccc2)c2ccccc2)cc1. The summed E-state index contributed by atoms with van der Waals surface area (Å²) in [6, 6.07) is 34.8. The molecule has 0 saturated carbocycles. The smallest absolute Gasteiger partial charge is 0.243 e. The molecule has 0 spiro atoms. The number of nitrogens with one attached hydrogen (secondary N) is 2. The minimum Gasteiger partial charge on any atom is -0.497 e. The summed E-state index contributed by atoms with van der Waals surface area (Å²) in [6.45, 7) is 0.300. The van der Waals surface area contributed by atoms with Gasteiger partial charge in [0.25, 0.3) is 0 Å². The highest BCUT2D eigenvalue weighted by Gasteiger charge is 2.28. The van der Waals surface area contributed by atoms with Crippen molar-refractivity contribution in [1.29, 1.82) is 5.26 Å². The molecule has 4 rings (SSSR count). The number of carbonyl (C=O) groups excluding carboxylic acids is 2. The van der Waals surface area contributed by atoms with Crippen LogP contribution in [-0.2, 0) is 22.6 Å². The van der Waals surface area contributed by atoms with E-state index >= 15 is 0 Å². The molecule has 2 N–H and O–H groups in total. The second kappa shape index (κ2) is 12.9. The Morgan fingerprint density at radius 2 is 1.42 bits per heavy atom. The quantitative estimate of drug-likeness (QED) is 0.327. The molecule has 0 aliphatic heterocycles. The van der Waals surface area contributed by atoms with Crippen molar-refractivity contribution in [3.8, 4) is 11.8 Å². The monoisotopic (exact) mass is 503 g/mol. The van der Waals surface area contributed by atoms with E-state index in [2.05, 4.69) is 16.7 Å². The predicted octanol–water partition coefficient (Wildman–Crippen LogP) is 4.74. The molecule has 0 aromatic heterocycles. The second-order valence-corrected chi connectivity index (χ2v) is 8.90. The number of benzene rings is 4. The fourth-order valence-corrected chi connectivity index (χ4v) is 4.31. The Morgan fingerprint density at radius 1 is 0.789 bits per heavy atom. The predicted molar refractivity (Wildman–Crippen MR) is 146 cm³/mol. The molecular formula is C32H29N3O3. The van der Waals surface area contributed by atoms with Gasteiger partial charge in [0.2, 0.25) is 11.8 Å². The molecule has 0 saturated heterocycles. The van der Waals surface area contributed by atoms with E-state index in [4.69, 9.17) is 4.74 Å². The largest absolute Gasteiger partial charge is 0.497 e. The van der Waals surface area contributed by atoms with E-state index in [-0.39, 0.29) is 18.2 Å². The molecule has 38 heavy (non-hydrogen) atoms. The third-order valence-corrected chi connectivity index (χ3v) is 6.28. The Hall–Kier alpha value is -4.89. The summed E-state index contributed by atoms with van der Waals surface area (Å²) in [4.78, 5) is 27.2. The van der Waals surface area contributed by atoms with Gasteiger partial charge in [-0.15, -0.1) is 0 Å². The topological polar surface area (TPSA) is 91.2 Å². The fraction of sp³-hybridized carbons (Fsp3) is 0.156. The molecule has 0 aliphatic carbocycles. The first-order chi connectivity index (χ1) is 18.6. The summed E-state index contributed by atoms with van der Waals surface area (Å²) in [6.07, 6.45) is 0.242. The van der Waals surface area contributed by atoms with E-state index in [0.717, 1.165) is 28.0 Å². The molecule has 1 unspecified atom stereocenters. The molecule has 190 valence electrons. The summed E-state index contributed by atoms with van der Waals surface area (Å²) in [5.74, 6) is -0.435. The van der Waals surface area contributed by atoms with Gasteiger partial charge in [-0.3, -0.25) is 9.59 Å². The Kier molecular flexibility index (Phi) is 8.88. The zero-order valence-electron chi connectivity index (χ0n) is 21.1. The molecule has 6 nitrogen and oxygen atoms in total. The molecule has 0 fully saturated rings. The van der Waals surface area contributed by atoms with Crippen LogP contribution < -0.4 is 15.4 Å². The van der Waals surface area contributed by atoms with Crippen LogP contribution in [0.3, 0.4) is 0 Å². The molecule has 4 aromatic carbocycles. The number of hydrogen-bond donors (Lipinski definition) is 2. The summed E-state index contributed by atoms with van der Waals surface area (Å²) in [7, 11) is 1.60. The van der Waals surface area contributed by atoms with Gasteiger partial charge in [-0.1, -0.05) is 84.9 Å². The number of methoxy groups -OCH3 is 1. The second-order valence-electron chi connectivity index (χ2n) is 8.90. The van der Waals surface area contributed by atoms with Crippen LogP contribution in [0, 0.1) is 11.3 Å². The Labute approximate surface area is 222 Å². The van der Waals surface area contributed by atoms with Gasteiger partial charge in [-0.2, -0.15) is 5.26 Å². The van der Waals surface area contributed by atoms with Gasteiger partial charge in [0.1, 0.15) is 11.8 Å². The fourth-order valence-electron chi connectivity index (χ4n) is 4.31. The van der Waals surface area contributed by atoms with Gasteiger partial charge in [0, 0.05) is 13.0 Å². The Bertz CT molecular complexity index is 1360. The molecule has 2 amide bonds. The average Bonchev–Trinajstić information content (AvgIpc) is 2.97. The Balaban J connectivity index is 1.58. The van der Waals surface area contributed by atoms with Crippen molar-refractivity contribution in [3.63, 3.8) is 0 Å². The van der Waals surface area contributed by atoms with Crippen molar-refractivity contribution in [2.75, 3.05) is 7.11 Å². The van der Waals surface area contributed by atoms with E-state index in [1.54, 1.807) is 25.3 Å². The highest BCUT2D eigenvalue weighted by molar-refractivity contribution is 5.92. The highest BCUT2D eigenvalue weighted by Crippen LogP contribution is 2.25. The van der Waals surface area contributed by atoms with Crippen LogP contribution in [0.5, 0.6) is 5.75 Å². The molecule has 4 aromatic rings. The molecule has 0 heterocycles. The lowest BCUT2D eigenvalue weighted by molar-refractivity contribution is -0.129. The van der Waals surface area contributed by atoms with E-state index < -0.39 is 12.0 Å². The number of carbonyl (C=O) groups is 2. The maximum atomic E-state index is 13.8. The van der Waals surface area contributed by atoms with Gasteiger partial charge < -0.3 is 15.4 Å². The summed E-state index contributed by atoms with van der Waals surface area (Å²) in [5, 5.41) is 15.3. The van der Waals surface area contributed by atoms with Crippen molar-refractivity contribution in [1.82, 2.24) is 10.6 Å². The van der Waals surface area contributed by atoms with Crippen molar-refractivity contribution in [2.24, 2.45) is 0 Å². The normalized spacial score (nSPS) is 11.3. The summed E-state index contributed by atoms with van der Waals surface area (Å²) >= 11 is 0. The first kappa shape index (κ1) is 26.2. The molecule has 6 heteroatoms. The average molecular weight is 504 g/mol. The van der Waals surface area contributed by atoms with Crippen LogP contribution in [0.25, 0.3) is 0 Å². The molecule has 0 aliphatic rings. The first-order valence-electron chi connectivity index (χ1n) is 12.4. The molecule has 1 atom stereocenters. The van der Waals surface area contributed by atoms with Gasteiger partial charge in [-0.05, 0) is 46.5 Å². The number of hydrogen-bond acceptors (Lipinski definition) is 4. The minimum atomic E-state index is -0.843. The van der Waals surface area contributed by atoms with E-state index in [1.807, 2.05) is 91.0 Å². The number of nitrogens with zero attached hydrogens (tertiary/aromatic N) is 1. The van der Waals surface area contributed by atoms with Crippen LogP contribution >= 0.6 is 0 Å². The van der Waals surface area contributed by atoms with Crippen LogP contribution in [0.4, 0.5) is 0 Å². The molecule has 0 bridgehead atoms. The Morgan fingerprint density at radius 3 is 2.00 bits per heavy atom. The molecule has 0 radical (unpaired) electrons. The first-order valence-corrected chi connectivity index (χ1v) is 12.4. The van der Waals surface area contributed by atoms with Gasteiger partial charge in [0.15, 0.2) is 0 Å². The number of nitriles is 1.